The first-order chi connectivity index (χ1) is 5.37. The molecule has 1 aliphatic rings. The highest BCUT2D eigenvalue weighted by Crippen LogP contribution is 2.59. The number of carboxylic acid groups (broad SMARTS) is 1. The Morgan fingerprint density at radius 1 is 1.50 bits per heavy atom. The fourth-order valence-corrected chi connectivity index (χ4v) is 1.87. The largest absolute Gasteiger partial charge is 0.481 e. The summed E-state index contributed by atoms with van der Waals surface area (Å²) >= 11 is 10.9. The lowest BCUT2D eigenvalue weighted by Crippen LogP contribution is -2.02. The van der Waals surface area contributed by atoms with Crippen molar-refractivity contribution in [2.45, 2.75) is 13.8 Å². The van der Waals surface area contributed by atoms with Crippen molar-refractivity contribution in [2.24, 2.45) is 17.3 Å². The summed E-state index contributed by atoms with van der Waals surface area (Å²) in [5.41, 5.74) is -0.207. The van der Waals surface area contributed by atoms with Crippen LogP contribution in [0, 0.1) is 17.3 Å². The molecule has 0 unspecified atom stereocenters. The lowest BCUT2D eigenvalue weighted by Gasteiger charge is -1.96. The van der Waals surface area contributed by atoms with Crippen molar-refractivity contribution in [1.29, 1.82) is 0 Å². The molecule has 1 saturated carbocycles. The van der Waals surface area contributed by atoms with Gasteiger partial charge in [0.1, 0.15) is 4.49 Å². The number of carboxylic acids is 1. The van der Waals surface area contributed by atoms with Gasteiger partial charge in [0.25, 0.3) is 0 Å². The van der Waals surface area contributed by atoms with E-state index in [1.165, 1.54) is 0 Å². The second-order valence-electron chi connectivity index (χ2n) is 3.62. The number of halogens is 2. The molecule has 0 saturated heterocycles. The third-order valence-corrected chi connectivity index (χ3v) is 2.73. The van der Waals surface area contributed by atoms with Gasteiger partial charge in [0, 0.05) is 0 Å². The Bertz CT molecular complexity index is 241. The molecule has 1 rings (SSSR count). The van der Waals surface area contributed by atoms with E-state index in [-0.39, 0.29) is 21.7 Å². The normalized spacial score (nSPS) is 31.0. The average Bonchev–Trinajstić information content (AvgIpc) is 2.32. The molecule has 0 radical (unpaired) electrons. The molecule has 2 atom stereocenters. The molecule has 4 heteroatoms. The zero-order chi connectivity index (χ0) is 9.52. The summed E-state index contributed by atoms with van der Waals surface area (Å²) < 4.78 is 0.150. The Morgan fingerprint density at radius 3 is 2.25 bits per heavy atom. The fourth-order valence-electron chi connectivity index (χ4n) is 1.60. The quantitative estimate of drug-likeness (QED) is 0.758. The summed E-state index contributed by atoms with van der Waals surface area (Å²) in [7, 11) is 0. The van der Waals surface area contributed by atoms with Crippen molar-refractivity contribution in [2.75, 3.05) is 0 Å². The number of hydrogen-bond donors (Lipinski definition) is 1. The molecule has 12 heavy (non-hydrogen) atoms. The highest BCUT2D eigenvalue weighted by molar-refractivity contribution is 6.55. The van der Waals surface area contributed by atoms with E-state index >= 15 is 0 Å². The molecule has 1 aliphatic carbocycles. The third-order valence-electron chi connectivity index (χ3n) is 2.48. The maximum atomic E-state index is 10.7. The predicted octanol–water partition coefficient (Wildman–Crippen LogP) is 2.66. The first-order valence-corrected chi connectivity index (χ1v) is 4.38. The molecule has 68 valence electrons. The number of allylic oxidation sites excluding steroid dienone is 1. The van der Waals surface area contributed by atoms with Gasteiger partial charge in [-0.2, -0.15) is 0 Å². The van der Waals surface area contributed by atoms with Gasteiger partial charge in [0.2, 0.25) is 0 Å². The molecule has 0 spiro atoms. The molecule has 0 aromatic carbocycles. The zero-order valence-electron chi connectivity index (χ0n) is 6.84. The molecule has 0 heterocycles. The van der Waals surface area contributed by atoms with E-state index in [1.807, 2.05) is 13.8 Å². The van der Waals surface area contributed by atoms with Gasteiger partial charge in [0.15, 0.2) is 0 Å². The Morgan fingerprint density at radius 2 is 2.00 bits per heavy atom. The summed E-state index contributed by atoms with van der Waals surface area (Å²) in [4.78, 5) is 10.7. The SMILES string of the molecule is CC1(C)[C@H](C=C(Cl)Cl)[C@@H]1C(=O)O. The van der Waals surface area contributed by atoms with Crippen LogP contribution in [0.15, 0.2) is 10.6 Å². The maximum absolute atomic E-state index is 10.7. The Hall–Kier alpha value is -0.210. The van der Waals surface area contributed by atoms with Gasteiger partial charge in [-0.3, -0.25) is 4.79 Å². The standard InChI is InChI=1S/C8H10Cl2O2/c1-8(2)4(3-5(9)10)6(8)7(11)12/h3-4,6H,1-2H3,(H,11,12)/t4-,6-/m1/s1. The van der Waals surface area contributed by atoms with E-state index in [2.05, 4.69) is 0 Å². The third kappa shape index (κ3) is 1.59. The van der Waals surface area contributed by atoms with Crippen LogP contribution in [0.25, 0.3) is 0 Å². The molecule has 1 fully saturated rings. The Kier molecular flexibility index (Phi) is 2.41. The van der Waals surface area contributed by atoms with Gasteiger partial charge < -0.3 is 5.11 Å². The van der Waals surface area contributed by atoms with Crippen LogP contribution in [0.5, 0.6) is 0 Å². The lowest BCUT2D eigenvalue weighted by molar-refractivity contribution is -0.139. The highest BCUT2D eigenvalue weighted by Gasteiger charge is 2.60. The molecule has 0 bridgehead atoms. The number of rotatable bonds is 2. The van der Waals surface area contributed by atoms with Crippen LogP contribution >= 0.6 is 23.2 Å². The summed E-state index contributed by atoms with van der Waals surface area (Å²) in [6.07, 6.45) is 1.60. The van der Waals surface area contributed by atoms with Crippen LogP contribution in [-0.4, -0.2) is 11.1 Å². The van der Waals surface area contributed by atoms with Crippen LogP contribution in [0.3, 0.4) is 0 Å². The van der Waals surface area contributed by atoms with Crippen molar-refractivity contribution in [3.05, 3.63) is 10.6 Å². The molecule has 2 nitrogen and oxygen atoms in total. The van der Waals surface area contributed by atoms with Crippen LogP contribution < -0.4 is 0 Å². The first kappa shape index (κ1) is 9.87. The highest BCUT2D eigenvalue weighted by atomic mass is 35.5. The van der Waals surface area contributed by atoms with Crippen LogP contribution in [0.4, 0.5) is 0 Å². The zero-order valence-corrected chi connectivity index (χ0v) is 8.36. The van der Waals surface area contributed by atoms with Crippen molar-refractivity contribution >= 4 is 29.2 Å². The van der Waals surface area contributed by atoms with Crippen LogP contribution in [0.1, 0.15) is 13.8 Å². The first-order valence-electron chi connectivity index (χ1n) is 3.63. The molecule has 0 aromatic heterocycles. The summed E-state index contributed by atoms with van der Waals surface area (Å²) in [5, 5.41) is 8.76. The second kappa shape index (κ2) is 2.93. The van der Waals surface area contributed by atoms with Gasteiger partial charge in [-0.25, -0.2) is 0 Å². The number of aliphatic carboxylic acids is 1. The van der Waals surface area contributed by atoms with E-state index in [0.29, 0.717) is 0 Å². The van der Waals surface area contributed by atoms with E-state index in [0.717, 1.165) is 0 Å². The minimum absolute atomic E-state index is 0.0278. The predicted molar refractivity (Wildman–Crippen MR) is 48.2 cm³/mol. The monoisotopic (exact) mass is 208 g/mol. The summed E-state index contributed by atoms with van der Waals surface area (Å²) in [6, 6.07) is 0. The van der Waals surface area contributed by atoms with Gasteiger partial charge in [0.05, 0.1) is 5.92 Å². The minimum Gasteiger partial charge on any atom is -0.481 e. The maximum Gasteiger partial charge on any atom is 0.307 e. The van der Waals surface area contributed by atoms with Crippen molar-refractivity contribution in [3.8, 4) is 0 Å². The Balaban J connectivity index is 2.73. The average molecular weight is 209 g/mol. The van der Waals surface area contributed by atoms with Crippen molar-refractivity contribution in [3.63, 3.8) is 0 Å². The van der Waals surface area contributed by atoms with E-state index in [9.17, 15) is 4.79 Å². The van der Waals surface area contributed by atoms with Gasteiger partial charge in [-0.15, -0.1) is 0 Å². The molecular weight excluding hydrogens is 199 g/mol. The molecular formula is C8H10Cl2O2. The summed E-state index contributed by atoms with van der Waals surface area (Å²) in [5.74, 6) is -1.15. The Labute approximate surface area is 81.2 Å². The van der Waals surface area contributed by atoms with Crippen molar-refractivity contribution in [1.82, 2.24) is 0 Å². The fraction of sp³-hybridized carbons (Fsp3) is 0.625. The second-order valence-corrected chi connectivity index (χ2v) is 4.63. The van der Waals surface area contributed by atoms with Gasteiger partial charge >= 0.3 is 5.97 Å². The lowest BCUT2D eigenvalue weighted by atomic mass is 10.1. The van der Waals surface area contributed by atoms with Crippen LogP contribution in [0.2, 0.25) is 0 Å². The van der Waals surface area contributed by atoms with E-state index < -0.39 is 5.97 Å². The summed E-state index contributed by atoms with van der Waals surface area (Å²) in [6.45, 7) is 3.79. The van der Waals surface area contributed by atoms with Crippen molar-refractivity contribution < 1.29 is 9.90 Å². The van der Waals surface area contributed by atoms with Gasteiger partial charge in [-0.1, -0.05) is 37.0 Å². The molecule has 0 aromatic rings. The topological polar surface area (TPSA) is 37.3 Å². The number of hydrogen-bond acceptors (Lipinski definition) is 1. The van der Waals surface area contributed by atoms with Gasteiger partial charge in [-0.05, 0) is 17.4 Å². The van der Waals surface area contributed by atoms with E-state index in [4.69, 9.17) is 28.3 Å². The number of carbonyl (C=O) groups is 1. The smallest absolute Gasteiger partial charge is 0.307 e. The molecule has 0 amide bonds. The van der Waals surface area contributed by atoms with E-state index in [1.54, 1.807) is 6.08 Å². The molecule has 1 N–H and O–H groups in total. The minimum atomic E-state index is -0.782. The molecule has 0 aliphatic heterocycles. The van der Waals surface area contributed by atoms with Crippen LogP contribution in [-0.2, 0) is 4.79 Å².